The van der Waals surface area contributed by atoms with Crippen molar-refractivity contribution in [1.82, 2.24) is 9.78 Å². The number of nitro groups is 1. The predicted molar refractivity (Wildman–Crippen MR) is 102 cm³/mol. The van der Waals surface area contributed by atoms with E-state index in [1.807, 2.05) is 30.3 Å². The molecule has 1 heterocycles. The second-order valence-corrected chi connectivity index (χ2v) is 7.73. The normalized spacial score (nSPS) is 11.4. The zero-order valence-corrected chi connectivity index (χ0v) is 15.8. The summed E-state index contributed by atoms with van der Waals surface area (Å²) in [5.74, 6) is 0. The molecule has 0 fully saturated rings. The molecule has 0 saturated carbocycles. The summed E-state index contributed by atoms with van der Waals surface area (Å²) in [7, 11) is -3.98. The van der Waals surface area contributed by atoms with Crippen LogP contribution < -0.4 is 4.72 Å². The van der Waals surface area contributed by atoms with Gasteiger partial charge in [0.25, 0.3) is 15.7 Å². The predicted octanol–water partition coefficient (Wildman–Crippen LogP) is 3.51. The van der Waals surface area contributed by atoms with Crippen molar-refractivity contribution in [2.45, 2.75) is 25.7 Å². The molecule has 3 aromatic rings. The van der Waals surface area contributed by atoms with Crippen LogP contribution in [0.15, 0.2) is 53.4 Å². The van der Waals surface area contributed by atoms with E-state index in [0.717, 1.165) is 5.69 Å². The SMILES string of the molecule is Cc1ccc([N+](=O)[O-])cc1NS(=O)(=O)c1c(C)nn(-c2ccccc2)c1C. The smallest absolute Gasteiger partial charge is 0.271 e. The summed E-state index contributed by atoms with van der Waals surface area (Å²) in [6.45, 7) is 4.96. The van der Waals surface area contributed by atoms with Gasteiger partial charge in [0.2, 0.25) is 0 Å². The van der Waals surface area contributed by atoms with Crippen LogP contribution in [-0.2, 0) is 10.0 Å². The number of hydrogen-bond acceptors (Lipinski definition) is 5. The minimum absolute atomic E-state index is 0.0530. The first-order valence-corrected chi connectivity index (χ1v) is 9.58. The summed E-state index contributed by atoms with van der Waals surface area (Å²) in [5.41, 5.74) is 2.09. The lowest BCUT2D eigenvalue weighted by molar-refractivity contribution is -0.384. The highest BCUT2D eigenvalue weighted by molar-refractivity contribution is 7.92. The molecule has 27 heavy (non-hydrogen) atoms. The van der Waals surface area contributed by atoms with Gasteiger partial charge >= 0.3 is 0 Å². The van der Waals surface area contributed by atoms with Crippen LogP contribution in [0.5, 0.6) is 0 Å². The number of para-hydroxylation sites is 1. The summed E-state index contributed by atoms with van der Waals surface area (Å²) in [5, 5.41) is 15.3. The molecule has 2 aromatic carbocycles. The molecular formula is C18H18N4O4S. The Kier molecular flexibility index (Phi) is 4.71. The molecule has 0 amide bonds. The maximum Gasteiger partial charge on any atom is 0.271 e. The van der Waals surface area contributed by atoms with Crippen LogP contribution >= 0.6 is 0 Å². The molecule has 8 nitrogen and oxygen atoms in total. The summed E-state index contributed by atoms with van der Waals surface area (Å²) < 4.78 is 30.0. The summed E-state index contributed by atoms with van der Waals surface area (Å²) >= 11 is 0. The van der Waals surface area contributed by atoms with Crippen LogP contribution in [0.4, 0.5) is 11.4 Å². The fraction of sp³-hybridized carbons (Fsp3) is 0.167. The van der Waals surface area contributed by atoms with E-state index in [9.17, 15) is 18.5 Å². The van der Waals surface area contributed by atoms with Gasteiger partial charge in [-0.1, -0.05) is 24.3 Å². The van der Waals surface area contributed by atoms with Crippen molar-refractivity contribution in [2.75, 3.05) is 4.72 Å². The molecule has 0 saturated heterocycles. The number of non-ortho nitro benzene ring substituents is 1. The second kappa shape index (κ2) is 6.84. The molecule has 0 bridgehead atoms. The third-order valence-corrected chi connectivity index (χ3v) is 5.79. The molecule has 0 aliphatic rings. The van der Waals surface area contributed by atoms with Gasteiger partial charge in [0.05, 0.1) is 27.7 Å². The Labute approximate surface area is 156 Å². The molecule has 140 valence electrons. The third kappa shape index (κ3) is 3.54. The summed E-state index contributed by atoms with van der Waals surface area (Å²) in [6.07, 6.45) is 0. The number of nitro benzene ring substituents is 1. The highest BCUT2D eigenvalue weighted by Gasteiger charge is 2.26. The number of anilines is 1. The van der Waals surface area contributed by atoms with Gasteiger partial charge in [-0.05, 0) is 38.5 Å². The van der Waals surface area contributed by atoms with E-state index < -0.39 is 14.9 Å². The van der Waals surface area contributed by atoms with E-state index in [1.54, 1.807) is 25.5 Å². The number of hydrogen-bond donors (Lipinski definition) is 1. The van der Waals surface area contributed by atoms with Gasteiger partial charge in [0.15, 0.2) is 0 Å². The van der Waals surface area contributed by atoms with Crippen molar-refractivity contribution in [3.8, 4) is 5.69 Å². The number of aryl methyl sites for hydroxylation is 2. The molecule has 0 aliphatic heterocycles. The van der Waals surface area contributed by atoms with E-state index in [4.69, 9.17) is 0 Å². The second-order valence-electron chi connectivity index (χ2n) is 6.11. The average molecular weight is 386 g/mol. The average Bonchev–Trinajstić information content (AvgIpc) is 2.92. The van der Waals surface area contributed by atoms with Gasteiger partial charge in [-0.2, -0.15) is 5.10 Å². The lowest BCUT2D eigenvalue weighted by Gasteiger charge is -2.11. The summed E-state index contributed by atoms with van der Waals surface area (Å²) in [6, 6.07) is 13.2. The van der Waals surface area contributed by atoms with E-state index in [1.165, 1.54) is 18.2 Å². The van der Waals surface area contributed by atoms with Crippen LogP contribution in [0, 0.1) is 30.9 Å². The van der Waals surface area contributed by atoms with Gasteiger partial charge in [-0.3, -0.25) is 14.8 Å². The lowest BCUT2D eigenvalue weighted by Crippen LogP contribution is -2.16. The first-order valence-electron chi connectivity index (χ1n) is 8.10. The van der Waals surface area contributed by atoms with Crippen molar-refractivity contribution in [2.24, 2.45) is 0 Å². The van der Waals surface area contributed by atoms with Gasteiger partial charge in [0, 0.05) is 12.1 Å². The molecule has 0 radical (unpaired) electrons. The lowest BCUT2D eigenvalue weighted by atomic mass is 10.2. The fourth-order valence-corrected chi connectivity index (χ4v) is 4.38. The van der Waals surface area contributed by atoms with Crippen molar-refractivity contribution in [1.29, 1.82) is 0 Å². The van der Waals surface area contributed by atoms with E-state index >= 15 is 0 Å². The minimum Gasteiger partial charge on any atom is -0.279 e. The van der Waals surface area contributed by atoms with Gasteiger partial charge < -0.3 is 0 Å². The Morgan fingerprint density at radius 1 is 1.07 bits per heavy atom. The molecule has 0 unspecified atom stereocenters. The zero-order chi connectivity index (χ0) is 19.8. The first kappa shape index (κ1) is 18.6. The number of aromatic nitrogens is 2. The molecule has 0 spiro atoms. The standard InChI is InChI=1S/C18H18N4O4S/c1-12-9-10-16(22(23)24)11-17(12)20-27(25,26)18-13(2)19-21(14(18)3)15-7-5-4-6-8-15/h4-11,20H,1-3H3. The minimum atomic E-state index is -3.98. The van der Waals surface area contributed by atoms with E-state index in [2.05, 4.69) is 9.82 Å². The zero-order valence-electron chi connectivity index (χ0n) is 15.0. The van der Waals surface area contributed by atoms with Gasteiger partial charge in [-0.15, -0.1) is 0 Å². The van der Waals surface area contributed by atoms with Gasteiger partial charge in [0.1, 0.15) is 4.90 Å². The van der Waals surface area contributed by atoms with E-state index in [0.29, 0.717) is 17.0 Å². The van der Waals surface area contributed by atoms with E-state index in [-0.39, 0.29) is 16.3 Å². The highest BCUT2D eigenvalue weighted by atomic mass is 32.2. The maximum atomic E-state index is 13.0. The van der Waals surface area contributed by atoms with Crippen molar-refractivity contribution >= 4 is 21.4 Å². The Balaban J connectivity index is 2.05. The molecule has 3 rings (SSSR count). The Morgan fingerprint density at radius 2 is 1.74 bits per heavy atom. The quantitative estimate of drug-likeness (QED) is 0.533. The van der Waals surface area contributed by atoms with Crippen molar-refractivity contribution in [3.05, 3.63) is 75.6 Å². The molecule has 9 heteroatoms. The van der Waals surface area contributed by atoms with Crippen molar-refractivity contribution < 1.29 is 13.3 Å². The van der Waals surface area contributed by atoms with Gasteiger partial charge in [-0.25, -0.2) is 13.1 Å². The van der Waals surface area contributed by atoms with Crippen LogP contribution in [0.3, 0.4) is 0 Å². The van der Waals surface area contributed by atoms with Crippen LogP contribution in [0.2, 0.25) is 0 Å². The number of rotatable bonds is 5. The first-order chi connectivity index (χ1) is 12.7. The Bertz CT molecular complexity index is 1120. The highest BCUT2D eigenvalue weighted by Crippen LogP contribution is 2.28. The third-order valence-electron chi connectivity index (χ3n) is 4.17. The molecule has 1 aromatic heterocycles. The van der Waals surface area contributed by atoms with Crippen LogP contribution in [0.1, 0.15) is 17.0 Å². The molecule has 1 N–H and O–H groups in total. The van der Waals surface area contributed by atoms with Crippen LogP contribution in [-0.4, -0.2) is 23.1 Å². The largest absolute Gasteiger partial charge is 0.279 e. The number of nitrogens with one attached hydrogen (secondary N) is 1. The molecule has 0 aliphatic carbocycles. The monoisotopic (exact) mass is 386 g/mol. The van der Waals surface area contributed by atoms with Crippen LogP contribution in [0.25, 0.3) is 5.69 Å². The Morgan fingerprint density at radius 3 is 2.37 bits per heavy atom. The number of nitrogens with zero attached hydrogens (tertiary/aromatic N) is 3. The maximum absolute atomic E-state index is 13.0. The fourth-order valence-electron chi connectivity index (χ4n) is 2.87. The molecule has 0 atom stereocenters. The number of sulfonamides is 1. The molecular weight excluding hydrogens is 368 g/mol. The number of benzene rings is 2. The summed E-state index contributed by atoms with van der Waals surface area (Å²) in [4.78, 5) is 10.5. The van der Waals surface area contributed by atoms with Crippen molar-refractivity contribution in [3.63, 3.8) is 0 Å². The Hall–Kier alpha value is -3.20. The topological polar surface area (TPSA) is 107 Å².